The highest BCUT2D eigenvalue weighted by Gasteiger charge is 2.49. The van der Waals surface area contributed by atoms with Crippen LogP contribution >= 0.6 is 0 Å². The summed E-state index contributed by atoms with van der Waals surface area (Å²) in [5.41, 5.74) is 0.380. The molecule has 1 aliphatic carbocycles. The fourth-order valence-electron chi connectivity index (χ4n) is 3.63. The van der Waals surface area contributed by atoms with Gasteiger partial charge < -0.3 is 14.7 Å². The van der Waals surface area contributed by atoms with Crippen LogP contribution in [0.25, 0.3) is 0 Å². The number of rotatable bonds is 9. The Morgan fingerprint density at radius 2 is 1.92 bits per heavy atom. The minimum atomic E-state index is -0.870. The number of hydrogen-bond donors (Lipinski definition) is 1. The molecular formula is C20H33NO4. The Kier molecular flexibility index (Phi) is 8.20. The number of carboxylic acids is 1. The van der Waals surface area contributed by atoms with E-state index in [1.54, 1.807) is 11.0 Å². The van der Waals surface area contributed by atoms with Crippen molar-refractivity contribution in [3.05, 3.63) is 23.8 Å². The molecule has 1 rings (SSSR count). The second-order valence-corrected chi connectivity index (χ2v) is 6.92. The van der Waals surface area contributed by atoms with Gasteiger partial charge in [-0.1, -0.05) is 51.0 Å². The molecule has 0 aliphatic heterocycles. The van der Waals surface area contributed by atoms with Crippen LogP contribution in [-0.4, -0.2) is 41.8 Å². The summed E-state index contributed by atoms with van der Waals surface area (Å²) in [6, 6.07) is 0. The van der Waals surface area contributed by atoms with Crippen molar-refractivity contribution >= 4 is 12.1 Å². The number of amides is 1. The fourth-order valence-corrected chi connectivity index (χ4v) is 3.63. The zero-order valence-electron chi connectivity index (χ0n) is 16.2. The number of hydrogen-bond acceptors (Lipinski definition) is 3. The van der Waals surface area contributed by atoms with Crippen LogP contribution in [0.15, 0.2) is 23.8 Å². The quantitative estimate of drug-likeness (QED) is 0.664. The molecular weight excluding hydrogens is 318 g/mol. The van der Waals surface area contributed by atoms with Crippen LogP contribution in [0.2, 0.25) is 0 Å². The molecule has 0 fully saturated rings. The van der Waals surface area contributed by atoms with Gasteiger partial charge in [-0.25, -0.2) is 4.79 Å². The predicted molar refractivity (Wildman–Crippen MR) is 99.4 cm³/mol. The lowest BCUT2D eigenvalue weighted by molar-refractivity contribution is -0.146. The summed E-state index contributed by atoms with van der Waals surface area (Å²) in [6.45, 7) is 11.2. The Morgan fingerprint density at radius 3 is 2.40 bits per heavy atom. The van der Waals surface area contributed by atoms with E-state index in [-0.39, 0.29) is 18.6 Å². The van der Waals surface area contributed by atoms with Gasteiger partial charge in [-0.15, -0.1) is 0 Å². The summed E-state index contributed by atoms with van der Waals surface area (Å²) < 4.78 is 5.63. The second kappa shape index (κ2) is 9.64. The number of unbranched alkanes of at least 4 members (excludes halogenated alkanes) is 1. The van der Waals surface area contributed by atoms with Gasteiger partial charge in [0.1, 0.15) is 6.61 Å². The maximum Gasteiger partial charge on any atom is 0.409 e. The molecule has 0 heterocycles. The number of carboxylic acid groups (broad SMARTS) is 1. The number of carbonyl (C=O) groups is 2. The van der Waals surface area contributed by atoms with Gasteiger partial charge in [0.2, 0.25) is 0 Å². The van der Waals surface area contributed by atoms with Crippen molar-refractivity contribution in [2.24, 2.45) is 17.3 Å². The van der Waals surface area contributed by atoms with Crippen molar-refractivity contribution in [1.82, 2.24) is 4.90 Å². The first-order valence-electron chi connectivity index (χ1n) is 9.37. The molecule has 1 N–H and O–H groups in total. The molecule has 0 aromatic heterocycles. The normalized spacial score (nSPS) is 22.6. The van der Waals surface area contributed by atoms with E-state index in [1.807, 2.05) is 39.8 Å². The Bertz CT molecular complexity index is 520. The van der Waals surface area contributed by atoms with E-state index in [0.717, 1.165) is 24.8 Å². The molecule has 0 aromatic carbocycles. The summed E-state index contributed by atoms with van der Waals surface area (Å²) in [5.74, 6) is -1.52. The second-order valence-electron chi connectivity index (χ2n) is 6.92. The van der Waals surface area contributed by atoms with Gasteiger partial charge in [0.05, 0.1) is 5.92 Å². The SMILES string of the molecule is CCCCC1=CC=CC(C(=O)O)C1(COC(=O)N(CC)CC)C(C)C. The van der Waals surface area contributed by atoms with Crippen LogP contribution in [-0.2, 0) is 9.53 Å². The van der Waals surface area contributed by atoms with E-state index < -0.39 is 17.3 Å². The molecule has 0 aromatic rings. The maximum atomic E-state index is 12.3. The van der Waals surface area contributed by atoms with Gasteiger partial charge in [-0.05, 0) is 32.6 Å². The zero-order valence-corrected chi connectivity index (χ0v) is 16.2. The van der Waals surface area contributed by atoms with E-state index >= 15 is 0 Å². The van der Waals surface area contributed by atoms with Crippen molar-refractivity contribution in [2.75, 3.05) is 19.7 Å². The molecule has 2 unspecified atom stereocenters. The van der Waals surface area contributed by atoms with Gasteiger partial charge in [-0.2, -0.15) is 0 Å². The van der Waals surface area contributed by atoms with Gasteiger partial charge >= 0.3 is 12.1 Å². The number of nitrogens with zero attached hydrogens (tertiary/aromatic N) is 1. The maximum absolute atomic E-state index is 12.3. The minimum absolute atomic E-state index is 0.0335. The first-order valence-corrected chi connectivity index (χ1v) is 9.37. The van der Waals surface area contributed by atoms with E-state index in [2.05, 4.69) is 6.92 Å². The third kappa shape index (κ3) is 4.65. The molecule has 25 heavy (non-hydrogen) atoms. The van der Waals surface area contributed by atoms with E-state index in [4.69, 9.17) is 4.74 Å². The summed E-state index contributed by atoms with van der Waals surface area (Å²) in [6.07, 6.45) is 8.04. The third-order valence-corrected chi connectivity index (χ3v) is 5.31. The number of allylic oxidation sites excluding steroid dienone is 2. The van der Waals surface area contributed by atoms with Crippen LogP contribution in [0.3, 0.4) is 0 Å². The lowest BCUT2D eigenvalue weighted by atomic mass is 9.60. The standard InChI is InChI=1S/C20H33NO4/c1-6-9-11-16-12-10-13-17(18(22)23)20(16,15(4)5)14-25-19(24)21(7-2)8-3/h10,12-13,15,17H,6-9,11,14H2,1-5H3,(H,22,23). The molecule has 1 amide bonds. The Hall–Kier alpha value is -1.78. The Labute approximate surface area is 151 Å². The van der Waals surface area contributed by atoms with Crippen LogP contribution in [0.5, 0.6) is 0 Å². The molecule has 0 radical (unpaired) electrons. The van der Waals surface area contributed by atoms with Crippen molar-refractivity contribution in [3.63, 3.8) is 0 Å². The first-order chi connectivity index (χ1) is 11.8. The molecule has 0 saturated heterocycles. The van der Waals surface area contributed by atoms with Gasteiger partial charge in [0, 0.05) is 18.5 Å². The molecule has 5 heteroatoms. The fraction of sp³-hybridized carbons (Fsp3) is 0.700. The highest BCUT2D eigenvalue weighted by molar-refractivity contribution is 5.75. The Balaban J connectivity index is 3.17. The predicted octanol–water partition coefficient (Wildman–Crippen LogP) is 4.49. The molecule has 2 atom stereocenters. The topological polar surface area (TPSA) is 66.8 Å². The number of ether oxygens (including phenoxy) is 1. The zero-order chi connectivity index (χ0) is 19.0. The first kappa shape index (κ1) is 21.3. The number of aliphatic carboxylic acids is 1. The van der Waals surface area contributed by atoms with Crippen molar-refractivity contribution < 1.29 is 19.4 Å². The largest absolute Gasteiger partial charge is 0.481 e. The van der Waals surface area contributed by atoms with Crippen LogP contribution in [0, 0.1) is 17.3 Å². The number of carbonyl (C=O) groups excluding carboxylic acids is 1. The molecule has 0 saturated carbocycles. The summed E-state index contributed by atoms with van der Waals surface area (Å²) in [5, 5.41) is 9.80. The van der Waals surface area contributed by atoms with Gasteiger partial charge in [0.25, 0.3) is 0 Å². The van der Waals surface area contributed by atoms with E-state index in [0.29, 0.717) is 13.1 Å². The van der Waals surface area contributed by atoms with Crippen molar-refractivity contribution in [2.45, 2.75) is 53.9 Å². The summed E-state index contributed by atoms with van der Waals surface area (Å²) >= 11 is 0. The summed E-state index contributed by atoms with van der Waals surface area (Å²) in [7, 11) is 0. The third-order valence-electron chi connectivity index (χ3n) is 5.31. The van der Waals surface area contributed by atoms with Crippen LogP contribution < -0.4 is 0 Å². The molecule has 0 bridgehead atoms. The van der Waals surface area contributed by atoms with Crippen molar-refractivity contribution in [3.8, 4) is 0 Å². The van der Waals surface area contributed by atoms with E-state index in [1.165, 1.54) is 0 Å². The Morgan fingerprint density at radius 1 is 1.28 bits per heavy atom. The average molecular weight is 351 g/mol. The molecule has 1 aliphatic rings. The van der Waals surface area contributed by atoms with E-state index in [9.17, 15) is 14.7 Å². The van der Waals surface area contributed by atoms with Crippen molar-refractivity contribution in [1.29, 1.82) is 0 Å². The van der Waals surface area contributed by atoms with Gasteiger partial charge in [-0.3, -0.25) is 4.79 Å². The van der Waals surface area contributed by atoms with Crippen LogP contribution in [0.4, 0.5) is 4.79 Å². The lowest BCUT2D eigenvalue weighted by Gasteiger charge is -2.44. The average Bonchev–Trinajstić information content (AvgIpc) is 2.58. The highest BCUT2D eigenvalue weighted by Crippen LogP contribution is 2.48. The highest BCUT2D eigenvalue weighted by atomic mass is 16.6. The van der Waals surface area contributed by atoms with Crippen LogP contribution in [0.1, 0.15) is 53.9 Å². The van der Waals surface area contributed by atoms with Gasteiger partial charge in [0.15, 0.2) is 0 Å². The lowest BCUT2D eigenvalue weighted by Crippen LogP contribution is -2.47. The molecule has 0 spiro atoms. The molecule has 5 nitrogen and oxygen atoms in total. The summed E-state index contributed by atoms with van der Waals surface area (Å²) in [4.78, 5) is 25.9. The minimum Gasteiger partial charge on any atom is -0.481 e. The molecule has 142 valence electrons. The monoisotopic (exact) mass is 351 g/mol. The smallest absolute Gasteiger partial charge is 0.409 e.